The predicted octanol–water partition coefficient (Wildman–Crippen LogP) is 3.84. The number of hydrogen-bond donors (Lipinski definition) is 0. The smallest absolute Gasteiger partial charge is 0.235 e. The zero-order valence-corrected chi connectivity index (χ0v) is 11.5. The Hall–Kier alpha value is -2.03. The first-order valence-corrected chi connectivity index (χ1v) is 6.27. The van der Waals surface area contributed by atoms with Gasteiger partial charge in [0.2, 0.25) is 5.78 Å². The Morgan fingerprint density at radius 1 is 1.16 bits per heavy atom. The molecule has 100 valence electrons. The maximum atomic E-state index is 11.8. The lowest BCUT2D eigenvalue weighted by Crippen LogP contribution is -2.16. The average Bonchev–Trinajstić information content (AvgIpc) is 2.89. The van der Waals surface area contributed by atoms with Gasteiger partial charge in [0.25, 0.3) is 0 Å². The monoisotopic (exact) mass is 258 g/mol. The number of furan rings is 1. The third-order valence-electron chi connectivity index (χ3n) is 2.85. The summed E-state index contributed by atoms with van der Waals surface area (Å²) in [6.07, 6.45) is 1.48. The van der Waals surface area contributed by atoms with Crippen molar-refractivity contribution in [3.63, 3.8) is 0 Å². The van der Waals surface area contributed by atoms with Gasteiger partial charge in [0.1, 0.15) is 5.75 Å². The Labute approximate surface area is 113 Å². The highest BCUT2D eigenvalue weighted by Crippen LogP contribution is 2.30. The zero-order chi connectivity index (χ0) is 13.9. The van der Waals surface area contributed by atoms with Gasteiger partial charge in [0, 0.05) is 0 Å². The van der Waals surface area contributed by atoms with Crippen LogP contribution in [0.5, 0.6) is 5.75 Å². The van der Waals surface area contributed by atoms with E-state index in [0.29, 0.717) is 5.76 Å². The van der Waals surface area contributed by atoms with Gasteiger partial charge in [-0.3, -0.25) is 4.79 Å². The van der Waals surface area contributed by atoms with Gasteiger partial charge in [-0.2, -0.15) is 0 Å². The summed E-state index contributed by atoms with van der Waals surface area (Å²) >= 11 is 0. The summed E-state index contributed by atoms with van der Waals surface area (Å²) < 4.78 is 10.7. The van der Waals surface area contributed by atoms with Gasteiger partial charge in [-0.25, -0.2) is 0 Å². The van der Waals surface area contributed by atoms with Crippen molar-refractivity contribution in [2.24, 2.45) is 0 Å². The van der Waals surface area contributed by atoms with Crippen LogP contribution < -0.4 is 4.74 Å². The first-order valence-electron chi connectivity index (χ1n) is 6.27. The zero-order valence-electron chi connectivity index (χ0n) is 11.5. The minimum absolute atomic E-state index is 0.0133. The standard InChI is InChI=1S/C16H18O3/c1-16(2,3)12-7-4-5-8-14(12)19-11-13(17)15-9-6-10-18-15/h4-10H,11H2,1-3H3. The molecule has 0 unspecified atom stereocenters. The van der Waals surface area contributed by atoms with Crippen molar-refractivity contribution in [3.05, 3.63) is 54.0 Å². The fourth-order valence-corrected chi connectivity index (χ4v) is 1.86. The molecule has 0 aliphatic heterocycles. The largest absolute Gasteiger partial charge is 0.485 e. The van der Waals surface area contributed by atoms with Gasteiger partial charge in [0.05, 0.1) is 6.26 Å². The van der Waals surface area contributed by atoms with Gasteiger partial charge in [-0.05, 0) is 29.2 Å². The predicted molar refractivity (Wildman–Crippen MR) is 73.7 cm³/mol. The molecule has 0 fully saturated rings. The van der Waals surface area contributed by atoms with E-state index in [1.54, 1.807) is 12.1 Å². The lowest BCUT2D eigenvalue weighted by Gasteiger charge is -2.22. The SMILES string of the molecule is CC(C)(C)c1ccccc1OCC(=O)c1ccco1. The van der Waals surface area contributed by atoms with Crippen molar-refractivity contribution in [3.8, 4) is 5.75 Å². The van der Waals surface area contributed by atoms with Crippen molar-refractivity contribution in [1.82, 2.24) is 0 Å². The van der Waals surface area contributed by atoms with Crippen molar-refractivity contribution in [2.75, 3.05) is 6.61 Å². The van der Waals surface area contributed by atoms with Crippen LogP contribution in [0.25, 0.3) is 0 Å². The summed E-state index contributed by atoms with van der Waals surface area (Å²) in [7, 11) is 0. The minimum atomic E-state index is -0.159. The molecule has 1 aromatic heterocycles. The Kier molecular flexibility index (Phi) is 3.74. The third kappa shape index (κ3) is 3.25. The average molecular weight is 258 g/mol. The first kappa shape index (κ1) is 13.4. The fourth-order valence-electron chi connectivity index (χ4n) is 1.86. The Morgan fingerprint density at radius 3 is 2.53 bits per heavy atom. The van der Waals surface area contributed by atoms with Crippen LogP contribution in [0.15, 0.2) is 47.1 Å². The van der Waals surface area contributed by atoms with Crippen LogP contribution in [0.4, 0.5) is 0 Å². The van der Waals surface area contributed by atoms with E-state index in [1.807, 2.05) is 24.3 Å². The lowest BCUT2D eigenvalue weighted by molar-refractivity contribution is 0.0892. The normalized spacial score (nSPS) is 11.3. The fraction of sp³-hybridized carbons (Fsp3) is 0.312. The molecule has 1 aromatic carbocycles. The second-order valence-corrected chi connectivity index (χ2v) is 5.44. The van der Waals surface area contributed by atoms with Gasteiger partial charge >= 0.3 is 0 Å². The molecule has 2 rings (SSSR count). The highest BCUT2D eigenvalue weighted by atomic mass is 16.5. The summed E-state index contributed by atoms with van der Waals surface area (Å²) in [6, 6.07) is 11.1. The van der Waals surface area contributed by atoms with Crippen LogP contribution in [-0.2, 0) is 5.41 Å². The molecule has 3 heteroatoms. The van der Waals surface area contributed by atoms with E-state index in [1.165, 1.54) is 6.26 Å². The van der Waals surface area contributed by atoms with E-state index in [0.717, 1.165) is 11.3 Å². The molecule has 2 aromatic rings. The number of ether oxygens (including phenoxy) is 1. The highest BCUT2D eigenvalue weighted by Gasteiger charge is 2.19. The third-order valence-corrected chi connectivity index (χ3v) is 2.85. The maximum Gasteiger partial charge on any atom is 0.235 e. The lowest BCUT2D eigenvalue weighted by atomic mass is 9.86. The molecule has 1 heterocycles. The van der Waals surface area contributed by atoms with E-state index < -0.39 is 0 Å². The van der Waals surface area contributed by atoms with E-state index in [-0.39, 0.29) is 17.8 Å². The molecule has 0 spiro atoms. The number of carbonyl (C=O) groups is 1. The summed E-state index contributed by atoms with van der Waals surface area (Å²) in [5.74, 6) is 0.914. The molecule has 3 nitrogen and oxygen atoms in total. The highest BCUT2D eigenvalue weighted by molar-refractivity contribution is 5.94. The summed E-state index contributed by atoms with van der Waals surface area (Å²) in [5, 5.41) is 0. The quantitative estimate of drug-likeness (QED) is 0.782. The number of para-hydroxylation sites is 1. The van der Waals surface area contributed by atoms with Crippen molar-refractivity contribution in [1.29, 1.82) is 0 Å². The van der Waals surface area contributed by atoms with Gasteiger partial charge in [-0.15, -0.1) is 0 Å². The number of ketones is 1. The van der Waals surface area contributed by atoms with Crippen LogP contribution >= 0.6 is 0 Å². The summed E-state index contributed by atoms with van der Waals surface area (Å²) in [6.45, 7) is 6.33. The van der Waals surface area contributed by atoms with Crippen LogP contribution in [-0.4, -0.2) is 12.4 Å². The van der Waals surface area contributed by atoms with Crippen LogP contribution in [0, 0.1) is 0 Å². The Morgan fingerprint density at radius 2 is 1.89 bits per heavy atom. The van der Waals surface area contributed by atoms with Crippen molar-refractivity contribution >= 4 is 5.78 Å². The van der Waals surface area contributed by atoms with Crippen molar-refractivity contribution < 1.29 is 13.9 Å². The van der Waals surface area contributed by atoms with Gasteiger partial charge < -0.3 is 9.15 Å². The number of carbonyl (C=O) groups excluding carboxylic acids is 1. The summed E-state index contributed by atoms with van der Waals surface area (Å²) in [5.41, 5.74) is 1.06. The molecular weight excluding hydrogens is 240 g/mol. The Balaban J connectivity index is 2.10. The molecule has 0 bridgehead atoms. The Bertz CT molecular complexity index is 548. The molecule has 0 radical (unpaired) electrons. The molecule has 0 aliphatic carbocycles. The topological polar surface area (TPSA) is 39.4 Å². The number of Topliss-reactive ketones (excluding diaryl/α,β-unsaturated/α-hetero) is 1. The van der Waals surface area contributed by atoms with Gasteiger partial charge in [0.15, 0.2) is 12.4 Å². The van der Waals surface area contributed by atoms with Gasteiger partial charge in [-0.1, -0.05) is 39.0 Å². The van der Waals surface area contributed by atoms with E-state index in [4.69, 9.17) is 9.15 Å². The maximum absolute atomic E-state index is 11.8. The van der Waals surface area contributed by atoms with E-state index in [9.17, 15) is 4.79 Å². The molecule has 0 saturated heterocycles. The second kappa shape index (κ2) is 5.31. The molecule has 19 heavy (non-hydrogen) atoms. The van der Waals surface area contributed by atoms with Crippen LogP contribution in [0.3, 0.4) is 0 Å². The molecule has 0 aliphatic rings. The number of hydrogen-bond acceptors (Lipinski definition) is 3. The molecule has 0 atom stereocenters. The number of benzene rings is 1. The molecular formula is C16H18O3. The van der Waals surface area contributed by atoms with E-state index >= 15 is 0 Å². The van der Waals surface area contributed by atoms with Crippen LogP contribution in [0.2, 0.25) is 0 Å². The molecule has 0 saturated carbocycles. The summed E-state index contributed by atoms with van der Waals surface area (Å²) in [4.78, 5) is 11.8. The molecule has 0 N–H and O–H groups in total. The first-order chi connectivity index (χ1) is 8.98. The number of rotatable bonds is 4. The van der Waals surface area contributed by atoms with Crippen LogP contribution in [0.1, 0.15) is 36.9 Å². The second-order valence-electron chi connectivity index (χ2n) is 5.44. The molecule has 0 amide bonds. The van der Waals surface area contributed by atoms with E-state index in [2.05, 4.69) is 20.8 Å². The van der Waals surface area contributed by atoms with Crippen molar-refractivity contribution in [2.45, 2.75) is 26.2 Å². The minimum Gasteiger partial charge on any atom is -0.485 e.